The number of amides is 2. The van der Waals surface area contributed by atoms with Gasteiger partial charge in [-0.15, -0.1) is 0 Å². The molecular formula is C15H13BrClNO5S. The van der Waals surface area contributed by atoms with Gasteiger partial charge in [-0.05, 0) is 43.8 Å². The number of esters is 1. The molecule has 2 amide bonds. The number of carbonyl (C=O) groups excluding carboxylic acids is 3. The fraction of sp³-hybridized carbons (Fsp3) is 0.267. The molecule has 1 fully saturated rings. The lowest BCUT2D eigenvalue weighted by Gasteiger charge is -2.19. The summed E-state index contributed by atoms with van der Waals surface area (Å²) in [6.07, 6.45) is 1.36. The van der Waals surface area contributed by atoms with Gasteiger partial charge in [0, 0.05) is 10.0 Å². The van der Waals surface area contributed by atoms with Gasteiger partial charge in [0.05, 0.1) is 16.5 Å². The normalized spacial score (nSPS) is 17.5. The number of carbonyl (C=O) groups is 3. The van der Waals surface area contributed by atoms with Crippen LogP contribution in [0.25, 0.3) is 6.08 Å². The van der Waals surface area contributed by atoms with Crippen LogP contribution in [0.4, 0.5) is 4.79 Å². The third kappa shape index (κ3) is 3.76. The average molecular weight is 435 g/mol. The van der Waals surface area contributed by atoms with Crippen molar-refractivity contribution in [3.63, 3.8) is 0 Å². The van der Waals surface area contributed by atoms with Gasteiger partial charge in [-0.2, -0.15) is 0 Å². The number of phenols is 1. The van der Waals surface area contributed by atoms with Crippen molar-refractivity contribution < 1.29 is 24.2 Å². The maximum absolute atomic E-state index is 12.4. The number of benzene rings is 1. The number of phenolic OH excluding ortho intramolecular Hbond substituents is 1. The van der Waals surface area contributed by atoms with Gasteiger partial charge in [0.15, 0.2) is 0 Å². The maximum Gasteiger partial charge on any atom is 0.329 e. The van der Waals surface area contributed by atoms with Crippen molar-refractivity contribution >= 4 is 62.5 Å². The first-order chi connectivity index (χ1) is 11.3. The van der Waals surface area contributed by atoms with Gasteiger partial charge in [-0.1, -0.05) is 27.5 Å². The van der Waals surface area contributed by atoms with Crippen LogP contribution in [0.15, 0.2) is 21.5 Å². The molecule has 2 rings (SSSR count). The van der Waals surface area contributed by atoms with E-state index >= 15 is 0 Å². The van der Waals surface area contributed by atoms with Gasteiger partial charge in [-0.25, -0.2) is 4.79 Å². The predicted octanol–water partition coefficient (Wildman–Crippen LogP) is 3.80. The van der Waals surface area contributed by atoms with Crippen molar-refractivity contribution in [2.75, 3.05) is 6.61 Å². The molecule has 9 heteroatoms. The first kappa shape index (κ1) is 18.8. The highest BCUT2D eigenvalue weighted by molar-refractivity contribution is 9.10. The molecule has 1 aliphatic rings. The smallest absolute Gasteiger partial charge is 0.329 e. The lowest BCUT2D eigenvalue weighted by atomic mass is 10.2. The number of thioether (sulfide) groups is 1. The van der Waals surface area contributed by atoms with Crippen molar-refractivity contribution in [1.82, 2.24) is 4.90 Å². The predicted molar refractivity (Wildman–Crippen MR) is 94.7 cm³/mol. The molecule has 1 heterocycles. The summed E-state index contributed by atoms with van der Waals surface area (Å²) in [5, 5.41) is 9.51. The Balaban J connectivity index is 2.33. The Morgan fingerprint density at radius 2 is 2.17 bits per heavy atom. The first-order valence-electron chi connectivity index (χ1n) is 6.88. The minimum atomic E-state index is -1.02. The summed E-state index contributed by atoms with van der Waals surface area (Å²) >= 11 is 9.81. The summed E-state index contributed by atoms with van der Waals surface area (Å²) in [4.78, 5) is 37.2. The zero-order valence-electron chi connectivity index (χ0n) is 12.7. The van der Waals surface area contributed by atoms with E-state index in [9.17, 15) is 19.5 Å². The lowest BCUT2D eigenvalue weighted by molar-refractivity contribution is -0.150. The topological polar surface area (TPSA) is 83.9 Å². The molecule has 6 nitrogen and oxygen atoms in total. The molecule has 1 aromatic rings. The van der Waals surface area contributed by atoms with Crippen molar-refractivity contribution in [2.45, 2.75) is 19.9 Å². The Bertz CT molecular complexity index is 752. The quantitative estimate of drug-likeness (QED) is 0.573. The van der Waals surface area contributed by atoms with Gasteiger partial charge in [-0.3, -0.25) is 14.5 Å². The Morgan fingerprint density at radius 1 is 1.50 bits per heavy atom. The molecule has 0 bridgehead atoms. The lowest BCUT2D eigenvalue weighted by Crippen LogP contribution is -2.42. The number of imide groups is 1. The van der Waals surface area contributed by atoms with Gasteiger partial charge < -0.3 is 9.84 Å². The minimum Gasteiger partial charge on any atom is -0.506 e. The molecule has 0 aromatic heterocycles. The molecule has 24 heavy (non-hydrogen) atoms. The van der Waals surface area contributed by atoms with E-state index in [2.05, 4.69) is 15.9 Å². The highest BCUT2D eigenvalue weighted by Crippen LogP contribution is 2.38. The summed E-state index contributed by atoms with van der Waals surface area (Å²) in [7, 11) is 0. The van der Waals surface area contributed by atoms with Crippen molar-refractivity contribution in [3.8, 4) is 5.75 Å². The standard InChI is InChI=1S/C15H13BrClNO5S/c1-3-23-14(21)7(2)18-13(20)11(24-15(18)22)5-8-4-9(16)6-10(17)12(8)19/h4-7,19H,3H2,1-2H3/b11-5-/t7-/m0/s1. The van der Waals surface area contributed by atoms with E-state index in [4.69, 9.17) is 16.3 Å². The number of halogens is 2. The van der Waals surface area contributed by atoms with Crippen LogP contribution in [0.1, 0.15) is 19.4 Å². The van der Waals surface area contributed by atoms with E-state index in [1.54, 1.807) is 13.0 Å². The molecule has 0 aliphatic carbocycles. The van der Waals surface area contributed by atoms with Crippen molar-refractivity contribution in [2.24, 2.45) is 0 Å². The van der Waals surface area contributed by atoms with Crippen LogP contribution in [0.2, 0.25) is 5.02 Å². The number of aromatic hydroxyl groups is 1. The van der Waals surface area contributed by atoms with E-state index in [0.29, 0.717) is 16.2 Å². The fourth-order valence-electron chi connectivity index (χ4n) is 2.02. The zero-order valence-corrected chi connectivity index (χ0v) is 15.9. The molecule has 0 spiro atoms. The van der Waals surface area contributed by atoms with E-state index in [1.807, 2.05) is 0 Å². The number of rotatable bonds is 4. The number of hydrogen-bond acceptors (Lipinski definition) is 6. The second kappa shape index (κ2) is 7.58. The van der Waals surface area contributed by atoms with Gasteiger partial charge in [0.25, 0.3) is 11.1 Å². The summed E-state index contributed by atoms with van der Waals surface area (Å²) in [6, 6.07) is 2.04. The van der Waals surface area contributed by atoms with Gasteiger partial charge >= 0.3 is 5.97 Å². The molecular weight excluding hydrogens is 422 g/mol. The Labute approximate surface area is 155 Å². The Hall–Kier alpha value is -1.51. The van der Waals surface area contributed by atoms with E-state index < -0.39 is 23.2 Å². The van der Waals surface area contributed by atoms with Crippen molar-refractivity contribution in [1.29, 1.82) is 0 Å². The maximum atomic E-state index is 12.4. The van der Waals surface area contributed by atoms with Crippen LogP contribution in [0.5, 0.6) is 5.75 Å². The van der Waals surface area contributed by atoms with Crippen LogP contribution in [-0.4, -0.2) is 39.8 Å². The highest BCUT2D eigenvalue weighted by Gasteiger charge is 2.41. The fourth-order valence-corrected chi connectivity index (χ4v) is 3.75. The molecule has 0 saturated carbocycles. The number of nitrogens with zero attached hydrogens (tertiary/aromatic N) is 1. The van der Waals surface area contributed by atoms with Crippen LogP contribution >= 0.6 is 39.3 Å². The number of ether oxygens (including phenoxy) is 1. The van der Waals surface area contributed by atoms with Crippen LogP contribution < -0.4 is 0 Å². The van der Waals surface area contributed by atoms with Gasteiger partial charge in [0.2, 0.25) is 0 Å². The molecule has 1 atom stereocenters. The summed E-state index contributed by atoms with van der Waals surface area (Å²) in [6.45, 7) is 3.21. The van der Waals surface area contributed by atoms with Gasteiger partial charge in [0.1, 0.15) is 11.8 Å². The summed E-state index contributed by atoms with van der Waals surface area (Å²) < 4.78 is 5.45. The Kier molecular flexibility index (Phi) is 5.95. The van der Waals surface area contributed by atoms with Crippen LogP contribution in [-0.2, 0) is 14.3 Å². The number of hydrogen-bond donors (Lipinski definition) is 1. The molecule has 0 radical (unpaired) electrons. The third-order valence-corrected chi connectivity index (χ3v) is 4.81. The summed E-state index contributed by atoms with van der Waals surface area (Å²) in [5.74, 6) is -1.49. The van der Waals surface area contributed by atoms with E-state index in [0.717, 1.165) is 4.90 Å². The van der Waals surface area contributed by atoms with Crippen LogP contribution in [0, 0.1) is 0 Å². The third-order valence-electron chi connectivity index (χ3n) is 3.18. The van der Waals surface area contributed by atoms with Crippen LogP contribution in [0.3, 0.4) is 0 Å². The Morgan fingerprint density at radius 3 is 2.79 bits per heavy atom. The first-order valence-corrected chi connectivity index (χ1v) is 8.86. The molecule has 1 saturated heterocycles. The highest BCUT2D eigenvalue weighted by atomic mass is 79.9. The molecule has 1 N–H and O–H groups in total. The second-order valence-electron chi connectivity index (χ2n) is 4.81. The van der Waals surface area contributed by atoms with Crippen molar-refractivity contribution in [3.05, 3.63) is 32.1 Å². The van der Waals surface area contributed by atoms with E-state index in [-0.39, 0.29) is 27.8 Å². The molecule has 128 valence electrons. The monoisotopic (exact) mass is 433 g/mol. The molecule has 0 unspecified atom stereocenters. The second-order valence-corrected chi connectivity index (χ2v) is 7.12. The largest absolute Gasteiger partial charge is 0.506 e. The van der Waals surface area contributed by atoms with E-state index in [1.165, 1.54) is 19.1 Å². The molecule has 1 aromatic carbocycles. The zero-order chi connectivity index (χ0) is 18.0. The summed E-state index contributed by atoms with van der Waals surface area (Å²) in [5.41, 5.74) is 0.281. The molecule has 1 aliphatic heterocycles. The SMILES string of the molecule is CCOC(=O)[C@H](C)N1C(=O)S/C(=C\c2cc(Br)cc(Cl)c2O)C1=O. The average Bonchev–Trinajstić information content (AvgIpc) is 2.78. The minimum absolute atomic E-state index is 0.0839.